The van der Waals surface area contributed by atoms with Crippen molar-refractivity contribution < 1.29 is 13.9 Å². The summed E-state index contributed by atoms with van der Waals surface area (Å²) in [5.41, 5.74) is 4.19. The number of nitrogens with one attached hydrogen (secondary N) is 1. The zero-order valence-corrected chi connectivity index (χ0v) is 16.1. The number of methoxy groups -OCH3 is 1. The molecule has 1 heterocycles. The van der Waals surface area contributed by atoms with E-state index in [0.29, 0.717) is 6.54 Å². The number of rotatable bonds is 6. The Kier molecular flexibility index (Phi) is 5.89. The number of aromatic nitrogens is 2. The van der Waals surface area contributed by atoms with Crippen LogP contribution in [-0.2, 0) is 11.3 Å². The van der Waals surface area contributed by atoms with Crippen LogP contribution in [0.5, 0.6) is 5.75 Å². The van der Waals surface area contributed by atoms with Crippen LogP contribution in [0.25, 0.3) is 11.8 Å². The molecule has 1 N–H and O–H groups in total. The molecule has 3 aromatic rings. The van der Waals surface area contributed by atoms with Crippen LogP contribution in [0.1, 0.15) is 22.5 Å². The number of hydrogen-bond acceptors (Lipinski definition) is 3. The van der Waals surface area contributed by atoms with Crippen molar-refractivity contribution in [2.45, 2.75) is 20.4 Å². The van der Waals surface area contributed by atoms with Gasteiger partial charge in [0.25, 0.3) is 0 Å². The number of carbonyl (C=O) groups excluding carboxylic acids is 1. The minimum atomic E-state index is -0.294. The Balaban J connectivity index is 1.71. The molecule has 0 aliphatic rings. The van der Waals surface area contributed by atoms with Gasteiger partial charge in [0.05, 0.1) is 18.5 Å². The van der Waals surface area contributed by atoms with Crippen LogP contribution in [-0.4, -0.2) is 22.8 Å². The number of carbonyl (C=O) groups is 1. The lowest BCUT2D eigenvalue weighted by Gasteiger charge is -2.08. The molecule has 0 aliphatic carbocycles. The summed E-state index contributed by atoms with van der Waals surface area (Å²) in [5.74, 6) is 0.232. The Morgan fingerprint density at radius 3 is 2.61 bits per heavy atom. The van der Waals surface area contributed by atoms with E-state index in [1.807, 2.05) is 38.1 Å². The van der Waals surface area contributed by atoms with Gasteiger partial charge in [-0.05, 0) is 50.3 Å². The fourth-order valence-electron chi connectivity index (χ4n) is 2.98. The summed E-state index contributed by atoms with van der Waals surface area (Å²) in [6.07, 6.45) is 3.23. The van der Waals surface area contributed by atoms with Gasteiger partial charge in [-0.3, -0.25) is 4.79 Å². The first kappa shape index (κ1) is 19.4. The summed E-state index contributed by atoms with van der Waals surface area (Å²) < 4.78 is 20.2. The zero-order valence-electron chi connectivity index (χ0n) is 16.1. The summed E-state index contributed by atoms with van der Waals surface area (Å²) in [4.78, 5) is 12.2. The first-order chi connectivity index (χ1) is 13.5. The van der Waals surface area contributed by atoms with Gasteiger partial charge in [-0.1, -0.05) is 18.2 Å². The second-order valence-corrected chi connectivity index (χ2v) is 6.34. The Labute approximate surface area is 163 Å². The number of hydrogen-bond donors (Lipinski definition) is 1. The van der Waals surface area contributed by atoms with E-state index in [4.69, 9.17) is 4.74 Å². The van der Waals surface area contributed by atoms with Crippen LogP contribution in [0.4, 0.5) is 4.39 Å². The number of aryl methyl sites for hydroxylation is 1. The Hall–Kier alpha value is -3.41. The fraction of sp³-hybridized carbons (Fsp3) is 0.182. The quantitative estimate of drug-likeness (QED) is 0.660. The average Bonchev–Trinajstić information content (AvgIpc) is 2.99. The molecule has 1 aromatic heterocycles. The molecule has 2 aromatic carbocycles. The van der Waals surface area contributed by atoms with E-state index >= 15 is 0 Å². The molecule has 0 atom stereocenters. The maximum absolute atomic E-state index is 13.1. The summed E-state index contributed by atoms with van der Waals surface area (Å²) in [7, 11) is 1.60. The molecule has 0 unspecified atom stereocenters. The van der Waals surface area contributed by atoms with Crippen LogP contribution in [0.3, 0.4) is 0 Å². The molecular formula is C22H22FN3O2. The van der Waals surface area contributed by atoms with Crippen molar-refractivity contribution >= 4 is 12.0 Å². The minimum absolute atomic E-state index is 0.209. The molecule has 0 aliphatic heterocycles. The van der Waals surface area contributed by atoms with Crippen molar-refractivity contribution in [1.82, 2.24) is 15.1 Å². The maximum Gasteiger partial charge on any atom is 0.244 e. The largest absolute Gasteiger partial charge is 0.496 e. The van der Waals surface area contributed by atoms with Gasteiger partial charge < -0.3 is 10.1 Å². The van der Waals surface area contributed by atoms with Gasteiger partial charge in [-0.2, -0.15) is 5.10 Å². The maximum atomic E-state index is 13.1. The van der Waals surface area contributed by atoms with Crippen LogP contribution < -0.4 is 10.1 Å². The topological polar surface area (TPSA) is 56.1 Å². The van der Waals surface area contributed by atoms with Crippen LogP contribution >= 0.6 is 0 Å². The van der Waals surface area contributed by atoms with Crippen LogP contribution in [0.2, 0.25) is 0 Å². The lowest BCUT2D eigenvalue weighted by atomic mass is 10.1. The van der Waals surface area contributed by atoms with E-state index < -0.39 is 0 Å². The van der Waals surface area contributed by atoms with E-state index in [-0.39, 0.29) is 11.7 Å². The number of halogens is 1. The molecule has 0 spiro atoms. The first-order valence-corrected chi connectivity index (χ1v) is 8.89. The van der Waals surface area contributed by atoms with Gasteiger partial charge in [0, 0.05) is 29.4 Å². The molecule has 0 saturated heterocycles. The highest BCUT2D eigenvalue weighted by atomic mass is 19.1. The monoisotopic (exact) mass is 379 g/mol. The highest BCUT2D eigenvalue weighted by Gasteiger charge is 2.11. The average molecular weight is 379 g/mol. The van der Waals surface area contributed by atoms with Crippen LogP contribution in [0, 0.1) is 19.7 Å². The fourth-order valence-corrected chi connectivity index (χ4v) is 2.98. The number of ether oxygens (including phenoxy) is 1. The number of para-hydroxylation sites is 1. The Morgan fingerprint density at radius 1 is 1.18 bits per heavy atom. The summed E-state index contributed by atoms with van der Waals surface area (Å²) >= 11 is 0. The van der Waals surface area contributed by atoms with E-state index in [0.717, 1.165) is 34.0 Å². The molecule has 144 valence electrons. The molecule has 0 saturated carbocycles. The Morgan fingerprint density at radius 2 is 1.89 bits per heavy atom. The van der Waals surface area contributed by atoms with Crippen LogP contribution in [0.15, 0.2) is 54.6 Å². The molecule has 3 rings (SSSR count). The SMILES string of the molecule is COc1ccccc1CNC(=O)/C=C/c1c(C)nn(-c2ccc(F)cc2)c1C. The standard InChI is InChI=1S/C22H22FN3O2/c1-15-20(16(2)26(25-15)19-10-8-18(23)9-11-19)12-13-22(27)24-14-17-6-4-5-7-21(17)28-3/h4-13H,14H2,1-3H3,(H,24,27)/b13-12+. The van der Waals surface area contributed by atoms with E-state index in [1.54, 1.807) is 30.0 Å². The molecule has 28 heavy (non-hydrogen) atoms. The predicted molar refractivity (Wildman–Crippen MR) is 107 cm³/mol. The smallest absolute Gasteiger partial charge is 0.244 e. The summed E-state index contributed by atoms with van der Waals surface area (Å²) in [6.45, 7) is 4.16. The lowest BCUT2D eigenvalue weighted by Crippen LogP contribution is -2.20. The Bertz CT molecular complexity index is 1010. The van der Waals surface area contributed by atoms with E-state index in [9.17, 15) is 9.18 Å². The highest BCUT2D eigenvalue weighted by molar-refractivity contribution is 5.92. The van der Waals surface area contributed by atoms with Crippen molar-refractivity contribution in [3.63, 3.8) is 0 Å². The summed E-state index contributed by atoms with van der Waals surface area (Å²) in [5, 5.41) is 7.35. The third-order valence-electron chi connectivity index (χ3n) is 4.47. The van der Waals surface area contributed by atoms with Crippen molar-refractivity contribution in [1.29, 1.82) is 0 Å². The molecular weight excluding hydrogens is 357 g/mol. The molecule has 5 nitrogen and oxygen atoms in total. The third kappa shape index (κ3) is 4.28. The molecule has 6 heteroatoms. The van der Waals surface area contributed by atoms with Gasteiger partial charge in [0.2, 0.25) is 5.91 Å². The predicted octanol–water partition coefficient (Wildman–Crippen LogP) is 3.97. The van der Waals surface area contributed by atoms with Gasteiger partial charge in [0.1, 0.15) is 11.6 Å². The van der Waals surface area contributed by atoms with Gasteiger partial charge >= 0.3 is 0 Å². The zero-order chi connectivity index (χ0) is 20.1. The number of benzene rings is 2. The van der Waals surface area contributed by atoms with Crippen molar-refractivity contribution in [2.24, 2.45) is 0 Å². The molecule has 1 amide bonds. The minimum Gasteiger partial charge on any atom is -0.496 e. The number of amides is 1. The molecule has 0 fully saturated rings. The lowest BCUT2D eigenvalue weighted by molar-refractivity contribution is -0.116. The second kappa shape index (κ2) is 8.52. The van der Waals surface area contributed by atoms with Crippen molar-refractivity contribution in [2.75, 3.05) is 7.11 Å². The van der Waals surface area contributed by atoms with E-state index in [1.165, 1.54) is 18.2 Å². The third-order valence-corrected chi connectivity index (χ3v) is 4.47. The molecule has 0 radical (unpaired) electrons. The molecule has 0 bridgehead atoms. The second-order valence-electron chi connectivity index (χ2n) is 6.34. The normalized spacial score (nSPS) is 11.0. The van der Waals surface area contributed by atoms with Gasteiger partial charge in [0.15, 0.2) is 0 Å². The van der Waals surface area contributed by atoms with Crippen molar-refractivity contribution in [3.8, 4) is 11.4 Å². The van der Waals surface area contributed by atoms with Gasteiger partial charge in [-0.15, -0.1) is 0 Å². The van der Waals surface area contributed by atoms with Crippen molar-refractivity contribution in [3.05, 3.63) is 82.9 Å². The van der Waals surface area contributed by atoms with Gasteiger partial charge in [-0.25, -0.2) is 9.07 Å². The number of nitrogens with zero attached hydrogens (tertiary/aromatic N) is 2. The van der Waals surface area contributed by atoms with E-state index in [2.05, 4.69) is 10.4 Å². The highest BCUT2D eigenvalue weighted by Crippen LogP contribution is 2.20. The first-order valence-electron chi connectivity index (χ1n) is 8.89. The summed E-state index contributed by atoms with van der Waals surface area (Å²) in [6, 6.07) is 13.7.